The van der Waals surface area contributed by atoms with Crippen molar-refractivity contribution in [2.45, 2.75) is 6.61 Å². The van der Waals surface area contributed by atoms with Crippen LogP contribution in [-0.4, -0.2) is 12.5 Å². The van der Waals surface area contributed by atoms with Crippen LogP contribution in [0.2, 0.25) is 0 Å². The van der Waals surface area contributed by atoms with E-state index in [1.54, 1.807) is 30.3 Å². The van der Waals surface area contributed by atoms with Gasteiger partial charge in [-0.15, -0.1) is 0 Å². The highest BCUT2D eigenvalue weighted by Crippen LogP contribution is 2.30. The molecule has 0 bridgehead atoms. The zero-order valence-electron chi connectivity index (χ0n) is 9.85. The topological polar surface area (TPSA) is 52.3 Å². The third-order valence-corrected chi connectivity index (χ3v) is 2.58. The highest BCUT2D eigenvalue weighted by atomic mass is 19.3. The van der Waals surface area contributed by atoms with Crippen molar-refractivity contribution in [3.05, 3.63) is 54.1 Å². The number of hydrogen-bond donors (Lipinski definition) is 1. The second-order valence-electron chi connectivity index (χ2n) is 3.82. The van der Waals surface area contributed by atoms with E-state index in [2.05, 4.69) is 4.74 Å². The SMILES string of the molecule is NC(=O)c1ccc(-c2ccccc2OC(F)F)cc1. The van der Waals surface area contributed by atoms with Crippen LogP contribution in [0.4, 0.5) is 8.78 Å². The molecule has 0 saturated heterocycles. The Balaban J connectivity index is 2.38. The summed E-state index contributed by atoms with van der Waals surface area (Å²) in [6, 6.07) is 12.8. The first-order chi connectivity index (χ1) is 9.08. The summed E-state index contributed by atoms with van der Waals surface area (Å²) >= 11 is 0. The molecule has 1 amide bonds. The molecule has 0 heterocycles. The lowest BCUT2D eigenvalue weighted by Gasteiger charge is -2.10. The van der Waals surface area contributed by atoms with Crippen molar-refractivity contribution in [3.63, 3.8) is 0 Å². The second-order valence-corrected chi connectivity index (χ2v) is 3.82. The number of carbonyl (C=O) groups is 1. The van der Waals surface area contributed by atoms with Crippen molar-refractivity contribution in [2.24, 2.45) is 5.73 Å². The Morgan fingerprint density at radius 3 is 2.26 bits per heavy atom. The molecule has 0 aliphatic heterocycles. The average Bonchev–Trinajstić information content (AvgIpc) is 2.39. The van der Waals surface area contributed by atoms with Gasteiger partial charge in [-0.2, -0.15) is 8.78 Å². The first-order valence-electron chi connectivity index (χ1n) is 5.52. The van der Waals surface area contributed by atoms with Crippen LogP contribution < -0.4 is 10.5 Å². The molecule has 0 radical (unpaired) electrons. The van der Waals surface area contributed by atoms with Gasteiger partial charge in [-0.1, -0.05) is 30.3 Å². The Morgan fingerprint density at radius 2 is 1.68 bits per heavy atom. The van der Waals surface area contributed by atoms with E-state index in [1.165, 1.54) is 18.2 Å². The number of alkyl halides is 2. The van der Waals surface area contributed by atoms with Gasteiger partial charge in [-0.25, -0.2) is 0 Å². The zero-order chi connectivity index (χ0) is 13.8. The van der Waals surface area contributed by atoms with Crippen molar-refractivity contribution in [1.82, 2.24) is 0 Å². The summed E-state index contributed by atoms with van der Waals surface area (Å²) in [5.41, 5.74) is 6.69. The highest BCUT2D eigenvalue weighted by Gasteiger charge is 2.10. The molecule has 2 rings (SSSR count). The van der Waals surface area contributed by atoms with Crippen LogP contribution in [0, 0.1) is 0 Å². The largest absolute Gasteiger partial charge is 0.434 e. The van der Waals surface area contributed by atoms with Crippen LogP contribution in [0.1, 0.15) is 10.4 Å². The van der Waals surface area contributed by atoms with E-state index in [-0.39, 0.29) is 5.75 Å². The molecule has 19 heavy (non-hydrogen) atoms. The molecule has 0 aliphatic carbocycles. The monoisotopic (exact) mass is 263 g/mol. The number of rotatable bonds is 4. The second kappa shape index (κ2) is 5.48. The first kappa shape index (κ1) is 13.0. The Hall–Kier alpha value is -2.43. The molecule has 98 valence electrons. The number of halogens is 2. The van der Waals surface area contributed by atoms with E-state index in [9.17, 15) is 13.6 Å². The van der Waals surface area contributed by atoms with Crippen LogP contribution in [-0.2, 0) is 0 Å². The van der Waals surface area contributed by atoms with E-state index in [1.807, 2.05) is 0 Å². The Bertz CT molecular complexity index is 582. The number of nitrogens with two attached hydrogens (primary N) is 1. The molecule has 0 fully saturated rings. The fourth-order valence-electron chi connectivity index (χ4n) is 1.72. The number of amides is 1. The van der Waals surface area contributed by atoms with Crippen molar-refractivity contribution in [2.75, 3.05) is 0 Å². The summed E-state index contributed by atoms with van der Waals surface area (Å²) in [5, 5.41) is 0. The third kappa shape index (κ3) is 3.07. The van der Waals surface area contributed by atoms with Crippen LogP contribution in [0.3, 0.4) is 0 Å². The smallest absolute Gasteiger partial charge is 0.387 e. The summed E-state index contributed by atoms with van der Waals surface area (Å²) in [4.78, 5) is 11.0. The van der Waals surface area contributed by atoms with E-state index in [0.717, 1.165) is 0 Å². The maximum Gasteiger partial charge on any atom is 0.387 e. The summed E-state index contributed by atoms with van der Waals surface area (Å²) in [7, 11) is 0. The Labute approximate surface area is 108 Å². The van der Waals surface area contributed by atoms with Crippen molar-refractivity contribution < 1.29 is 18.3 Å². The van der Waals surface area contributed by atoms with Gasteiger partial charge in [0.1, 0.15) is 5.75 Å². The molecule has 0 aromatic heterocycles. The van der Waals surface area contributed by atoms with Gasteiger partial charge in [0.15, 0.2) is 0 Å². The van der Waals surface area contributed by atoms with E-state index in [0.29, 0.717) is 16.7 Å². The minimum atomic E-state index is -2.88. The molecule has 0 saturated carbocycles. The molecule has 0 atom stereocenters. The van der Waals surface area contributed by atoms with Crippen LogP contribution in [0.5, 0.6) is 5.75 Å². The number of ether oxygens (including phenoxy) is 1. The normalized spacial score (nSPS) is 10.5. The minimum absolute atomic E-state index is 0.0873. The number of hydrogen-bond acceptors (Lipinski definition) is 2. The fourth-order valence-corrected chi connectivity index (χ4v) is 1.72. The maximum atomic E-state index is 12.3. The predicted molar refractivity (Wildman–Crippen MR) is 67.0 cm³/mol. The van der Waals surface area contributed by atoms with Gasteiger partial charge in [0.05, 0.1) is 0 Å². The molecular formula is C14H11F2NO2. The number of primary amides is 1. The summed E-state index contributed by atoms with van der Waals surface area (Å²) in [5.74, 6) is -0.451. The van der Waals surface area contributed by atoms with Gasteiger partial charge < -0.3 is 10.5 Å². The lowest BCUT2D eigenvalue weighted by molar-refractivity contribution is -0.0494. The van der Waals surface area contributed by atoms with Gasteiger partial charge in [0.2, 0.25) is 5.91 Å². The number of para-hydroxylation sites is 1. The molecule has 2 aromatic rings. The van der Waals surface area contributed by atoms with Crippen molar-refractivity contribution in [3.8, 4) is 16.9 Å². The van der Waals surface area contributed by atoms with Gasteiger partial charge in [-0.05, 0) is 23.8 Å². The molecule has 0 spiro atoms. The number of benzene rings is 2. The lowest BCUT2D eigenvalue weighted by Crippen LogP contribution is -2.10. The van der Waals surface area contributed by atoms with Gasteiger partial charge in [-0.3, -0.25) is 4.79 Å². The van der Waals surface area contributed by atoms with E-state index >= 15 is 0 Å². The minimum Gasteiger partial charge on any atom is -0.434 e. The molecule has 5 heteroatoms. The molecule has 2 N–H and O–H groups in total. The van der Waals surface area contributed by atoms with Crippen molar-refractivity contribution >= 4 is 5.91 Å². The zero-order valence-corrected chi connectivity index (χ0v) is 9.85. The highest BCUT2D eigenvalue weighted by molar-refractivity contribution is 5.93. The molecule has 3 nitrogen and oxygen atoms in total. The summed E-state index contributed by atoms with van der Waals surface area (Å²) in [6.07, 6.45) is 0. The molecule has 2 aromatic carbocycles. The van der Waals surface area contributed by atoms with E-state index < -0.39 is 12.5 Å². The van der Waals surface area contributed by atoms with Crippen LogP contribution in [0.15, 0.2) is 48.5 Å². The summed E-state index contributed by atoms with van der Waals surface area (Å²) in [6.45, 7) is -2.88. The first-order valence-corrected chi connectivity index (χ1v) is 5.52. The fraction of sp³-hybridized carbons (Fsp3) is 0.0714. The number of carbonyl (C=O) groups excluding carboxylic acids is 1. The quantitative estimate of drug-likeness (QED) is 0.921. The van der Waals surface area contributed by atoms with Crippen LogP contribution in [0.25, 0.3) is 11.1 Å². The van der Waals surface area contributed by atoms with E-state index in [4.69, 9.17) is 5.73 Å². The van der Waals surface area contributed by atoms with Crippen molar-refractivity contribution in [1.29, 1.82) is 0 Å². The molecular weight excluding hydrogens is 252 g/mol. The Morgan fingerprint density at radius 1 is 1.05 bits per heavy atom. The maximum absolute atomic E-state index is 12.3. The van der Waals surface area contributed by atoms with Gasteiger partial charge in [0.25, 0.3) is 0 Å². The average molecular weight is 263 g/mol. The molecule has 0 aliphatic rings. The lowest BCUT2D eigenvalue weighted by atomic mass is 10.0. The van der Waals surface area contributed by atoms with Crippen LogP contribution >= 0.6 is 0 Å². The third-order valence-electron chi connectivity index (χ3n) is 2.58. The van der Waals surface area contributed by atoms with Gasteiger partial charge >= 0.3 is 6.61 Å². The molecule has 0 unspecified atom stereocenters. The Kier molecular flexibility index (Phi) is 3.75. The predicted octanol–water partition coefficient (Wildman–Crippen LogP) is 3.05. The standard InChI is InChI=1S/C14H11F2NO2/c15-14(16)19-12-4-2-1-3-11(12)9-5-7-10(8-6-9)13(17)18/h1-8,14H,(H2,17,18). The van der Waals surface area contributed by atoms with Gasteiger partial charge in [0, 0.05) is 11.1 Å². The summed E-state index contributed by atoms with van der Waals surface area (Å²) < 4.78 is 29.1.